The Morgan fingerprint density at radius 3 is 2.36 bits per heavy atom. The summed E-state index contributed by atoms with van der Waals surface area (Å²) in [7, 11) is 1.78. The van der Waals surface area contributed by atoms with Crippen molar-refractivity contribution in [3.63, 3.8) is 0 Å². The number of methoxy groups -OCH3 is 1. The molecule has 0 aromatic rings. The van der Waals surface area contributed by atoms with Crippen molar-refractivity contribution in [1.82, 2.24) is 0 Å². The third kappa shape index (κ3) is 7.34. The fourth-order valence-electron chi connectivity index (χ4n) is 1.57. The van der Waals surface area contributed by atoms with Gasteiger partial charge in [0.2, 0.25) is 0 Å². The maximum absolute atomic E-state index is 5.94. The molecule has 0 aliphatic carbocycles. The second kappa shape index (κ2) is 7.24. The molecule has 2 nitrogen and oxygen atoms in total. The first-order valence-corrected chi connectivity index (χ1v) is 5.82. The molecule has 86 valence electrons. The van der Waals surface area contributed by atoms with Crippen molar-refractivity contribution in [1.29, 1.82) is 0 Å². The lowest BCUT2D eigenvalue weighted by Crippen LogP contribution is -2.23. The summed E-state index contributed by atoms with van der Waals surface area (Å²) in [5, 5.41) is 0. The summed E-state index contributed by atoms with van der Waals surface area (Å²) in [4.78, 5) is 0. The highest BCUT2D eigenvalue weighted by molar-refractivity contribution is 4.68. The molecule has 0 aliphatic heterocycles. The van der Waals surface area contributed by atoms with Crippen LogP contribution in [0.4, 0.5) is 0 Å². The molecule has 0 fully saturated rings. The molecule has 0 radical (unpaired) electrons. The number of hydrogen-bond donors (Lipinski definition) is 1. The van der Waals surface area contributed by atoms with Crippen molar-refractivity contribution < 1.29 is 4.74 Å². The lowest BCUT2D eigenvalue weighted by Gasteiger charge is -2.22. The predicted molar refractivity (Wildman–Crippen MR) is 62.4 cm³/mol. The summed E-state index contributed by atoms with van der Waals surface area (Å²) in [5.41, 5.74) is 5.97. The molecule has 14 heavy (non-hydrogen) atoms. The van der Waals surface area contributed by atoms with Gasteiger partial charge in [0.05, 0.1) is 5.60 Å². The summed E-state index contributed by atoms with van der Waals surface area (Å²) in [6.07, 6.45) is 7.10. The van der Waals surface area contributed by atoms with E-state index in [1.807, 2.05) is 0 Å². The Morgan fingerprint density at radius 2 is 1.86 bits per heavy atom. The van der Waals surface area contributed by atoms with E-state index in [1.54, 1.807) is 7.11 Å². The first-order chi connectivity index (χ1) is 6.52. The zero-order valence-corrected chi connectivity index (χ0v) is 10.3. The maximum atomic E-state index is 5.94. The zero-order chi connectivity index (χ0) is 11.0. The molecule has 0 bridgehead atoms. The Kier molecular flexibility index (Phi) is 7.20. The Labute approximate surface area is 89.2 Å². The molecule has 0 aliphatic rings. The van der Waals surface area contributed by atoms with Crippen molar-refractivity contribution >= 4 is 0 Å². The van der Waals surface area contributed by atoms with Crippen molar-refractivity contribution in [2.75, 3.05) is 7.11 Å². The minimum absolute atomic E-state index is 0.0366. The minimum atomic E-state index is 0.0366. The Balaban J connectivity index is 3.37. The minimum Gasteiger partial charge on any atom is -0.379 e. The van der Waals surface area contributed by atoms with Crippen LogP contribution in [0.3, 0.4) is 0 Å². The number of rotatable bonds is 8. The quantitative estimate of drug-likeness (QED) is 0.612. The first kappa shape index (κ1) is 13.9. The molecular weight excluding hydrogens is 174 g/mol. The van der Waals surface area contributed by atoms with Gasteiger partial charge in [0.25, 0.3) is 0 Å². The summed E-state index contributed by atoms with van der Waals surface area (Å²) in [5.74, 6) is 0. The van der Waals surface area contributed by atoms with Crippen LogP contribution in [0.1, 0.15) is 59.3 Å². The lowest BCUT2D eigenvalue weighted by molar-refractivity contribution is 0.0133. The molecule has 0 saturated heterocycles. The van der Waals surface area contributed by atoms with E-state index in [1.165, 1.54) is 19.3 Å². The topological polar surface area (TPSA) is 35.2 Å². The second-order valence-electron chi connectivity index (χ2n) is 4.76. The van der Waals surface area contributed by atoms with Crippen LogP contribution in [0.5, 0.6) is 0 Å². The molecule has 2 N–H and O–H groups in total. The van der Waals surface area contributed by atoms with Gasteiger partial charge in [0, 0.05) is 13.2 Å². The average molecular weight is 201 g/mol. The lowest BCUT2D eigenvalue weighted by atomic mass is 9.98. The Bertz CT molecular complexity index is 134. The number of hydrogen-bond acceptors (Lipinski definition) is 2. The van der Waals surface area contributed by atoms with Gasteiger partial charge in [0.15, 0.2) is 0 Å². The van der Waals surface area contributed by atoms with Crippen molar-refractivity contribution in [3.05, 3.63) is 0 Å². The van der Waals surface area contributed by atoms with E-state index in [9.17, 15) is 0 Å². The molecule has 0 aromatic carbocycles. The molecule has 2 heteroatoms. The fraction of sp³-hybridized carbons (Fsp3) is 1.00. The first-order valence-electron chi connectivity index (χ1n) is 5.82. The number of ether oxygens (including phenoxy) is 1. The Hall–Kier alpha value is -0.0800. The fourth-order valence-corrected chi connectivity index (χ4v) is 1.57. The van der Waals surface area contributed by atoms with Gasteiger partial charge in [0.1, 0.15) is 0 Å². The van der Waals surface area contributed by atoms with Crippen LogP contribution in [0.25, 0.3) is 0 Å². The molecule has 0 saturated carbocycles. The molecular formula is C12H27NO. The normalized spacial score (nSPS) is 14.4. The summed E-state index contributed by atoms with van der Waals surface area (Å²) < 4.78 is 5.36. The van der Waals surface area contributed by atoms with Crippen LogP contribution in [0.2, 0.25) is 0 Å². The molecule has 0 amide bonds. The molecule has 0 spiro atoms. The summed E-state index contributed by atoms with van der Waals surface area (Å²) >= 11 is 0. The van der Waals surface area contributed by atoms with Crippen LogP contribution in [0, 0.1) is 0 Å². The van der Waals surface area contributed by atoms with E-state index in [-0.39, 0.29) is 5.60 Å². The highest BCUT2D eigenvalue weighted by Crippen LogP contribution is 2.17. The number of nitrogens with two attached hydrogens (primary N) is 1. The van der Waals surface area contributed by atoms with Gasteiger partial charge in [-0.25, -0.2) is 0 Å². The Morgan fingerprint density at radius 1 is 1.21 bits per heavy atom. The van der Waals surface area contributed by atoms with Crippen LogP contribution < -0.4 is 5.73 Å². The van der Waals surface area contributed by atoms with Crippen LogP contribution in [0.15, 0.2) is 0 Å². The van der Waals surface area contributed by atoms with Crippen molar-refractivity contribution in [2.45, 2.75) is 70.9 Å². The van der Waals surface area contributed by atoms with Gasteiger partial charge in [-0.1, -0.05) is 26.2 Å². The molecule has 0 heterocycles. The number of unbranched alkanes of at least 4 members (excludes halogenated alkanes) is 1. The molecule has 0 aromatic heterocycles. The average Bonchev–Trinajstić information content (AvgIpc) is 2.13. The van der Waals surface area contributed by atoms with Gasteiger partial charge in [-0.3, -0.25) is 0 Å². The van der Waals surface area contributed by atoms with Gasteiger partial charge in [-0.15, -0.1) is 0 Å². The highest BCUT2D eigenvalue weighted by Gasteiger charge is 2.15. The third-order valence-corrected chi connectivity index (χ3v) is 2.82. The van der Waals surface area contributed by atoms with E-state index < -0.39 is 0 Å². The van der Waals surface area contributed by atoms with Crippen molar-refractivity contribution in [2.24, 2.45) is 5.73 Å². The van der Waals surface area contributed by atoms with Gasteiger partial charge in [-0.05, 0) is 33.1 Å². The summed E-state index contributed by atoms with van der Waals surface area (Å²) in [6.45, 7) is 6.46. The molecule has 1 atom stereocenters. The van der Waals surface area contributed by atoms with E-state index in [2.05, 4.69) is 20.8 Å². The van der Waals surface area contributed by atoms with Gasteiger partial charge >= 0.3 is 0 Å². The molecule has 0 rings (SSSR count). The van der Waals surface area contributed by atoms with Crippen LogP contribution >= 0.6 is 0 Å². The zero-order valence-electron chi connectivity index (χ0n) is 10.3. The van der Waals surface area contributed by atoms with Gasteiger partial charge < -0.3 is 10.5 Å². The standard InChI is InChI=1S/C12H27NO/c1-5-8-11(13)9-6-7-10-12(2,3)14-4/h11H,5-10,13H2,1-4H3. The SMILES string of the molecule is CCCC(N)CCCCC(C)(C)OC. The summed E-state index contributed by atoms with van der Waals surface area (Å²) in [6, 6.07) is 0.408. The van der Waals surface area contributed by atoms with E-state index in [4.69, 9.17) is 10.5 Å². The highest BCUT2D eigenvalue weighted by atomic mass is 16.5. The third-order valence-electron chi connectivity index (χ3n) is 2.82. The smallest absolute Gasteiger partial charge is 0.0622 e. The largest absolute Gasteiger partial charge is 0.379 e. The van der Waals surface area contributed by atoms with Crippen LogP contribution in [-0.4, -0.2) is 18.8 Å². The van der Waals surface area contributed by atoms with Crippen molar-refractivity contribution in [3.8, 4) is 0 Å². The van der Waals surface area contributed by atoms with E-state index in [0.29, 0.717) is 6.04 Å². The predicted octanol–water partition coefficient (Wildman–Crippen LogP) is 3.10. The van der Waals surface area contributed by atoms with Crippen LogP contribution in [-0.2, 0) is 4.74 Å². The second-order valence-corrected chi connectivity index (χ2v) is 4.76. The molecule has 1 unspecified atom stereocenters. The monoisotopic (exact) mass is 201 g/mol. The van der Waals surface area contributed by atoms with Gasteiger partial charge in [-0.2, -0.15) is 0 Å². The van der Waals surface area contributed by atoms with E-state index in [0.717, 1.165) is 19.3 Å². The maximum Gasteiger partial charge on any atom is 0.0622 e. The van der Waals surface area contributed by atoms with E-state index >= 15 is 0 Å².